The molecule has 2 aromatic carbocycles. The van der Waals surface area contributed by atoms with E-state index in [1.54, 1.807) is 0 Å². The summed E-state index contributed by atoms with van der Waals surface area (Å²) in [5, 5.41) is 0. The molecule has 0 nitrogen and oxygen atoms in total. The van der Waals surface area contributed by atoms with Crippen LogP contribution in [0, 0.1) is 41.5 Å². The maximum absolute atomic E-state index is 2.19. The molecule has 2 rings (SSSR count). The summed E-state index contributed by atoms with van der Waals surface area (Å²) in [5.41, 5.74) is 8.13. The van der Waals surface area contributed by atoms with Gasteiger partial charge in [0, 0.05) is 18.6 Å². The molecule has 0 amide bonds. The minimum Gasteiger partial charge on any atom is -0.0564 e. The van der Waals surface area contributed by atoms with Gasteiger partial charge in [0.1, 0.15) is 0 Å². The van der Waals surface area contributed by atoms with Crippen molar-refractivity contribution < 1.29 is 18.6 Å². The fraction of sp³-hybridized carbons (Fsp3) is 0.333. The monoisotopic (exact) mass is 291 g/mol. The second kappa shape index (κ2) is 8.25. The molecule has 0 aromatic heterocycles. The first-order valence-corrected chi connectivity index (χ1v) is 6.46. The van der Waals surface area contributed by atoms with E-state index in [-0.39, 0.29) is 18.6 Å². The Labute approximate surface area is 130 Å². The van der Waals surface area contributed by atoms with Gasteiger partial charge in [-0.2, -0.15) is 0 Å². The molecule has 2 aromatic rings. The summed E-state index contributed by atoms with van der Waals surface area (Å²) in [5.74, 6) is 0. The van der Waals surface area contributed by atoms with Crippen molar-refractivity contribution in [3.05, 3.63) is 69.8 Å². The van der Waals surface area contributed by atoms with Gasteiger partial charge in [0.05, 0.1) is 0 Å². The Bertz CT molecular complexity index is 377. The Balaban J connectivity index is 0.000000324. The Morgan fingerprint density at radius 3 is 0.579 bits per heavy atom. The average Bonchev–Trinajstić information content (AvgIpc) is 2.12. The smallest absolute Gasteiger partial charge is 0 e. The molecule has 0 heterocycles. The number of rotatable bonds is 0. The third kappa shape index (κ3) is 7.25. The van der Waals surface area contributed by atoms with E-state index in [9.17, 15) is 0 Å². The Morgan fingerprint density at radius 1 is 0.368 bits per heavy atom. The SMILES string of the molecule is Cc1cc(C)cc(C)c1.Cc1cc(C)cc(C)c1.[V]. The molecule has 101 valence electrons. The van der Waals surface area contributed by atoms with Crippen LogP contribution in [-0.2, 0) is 18.6 Å². The molecule has 0 fully saturated rings. The van der Waals surface area contributed by atoms with E-state index in [4.69, 9.17) is 0 Å². The van der Waals surface area contributed by atoms with Crippen LogP contribution in [0.2, 0.25) is 0 Å². The number of benzene rings is 2. The molecule has 1 radical (unpaired) electrons. The summed E-state index contributed by atoms with van der Waals surface area (Å²) >= 11 is 0. The van der Waals surface area contributed by atoms with E-state index in [1.807, 2.05) is 0 Å². The second-order valence-corrected chi connectivity index (χ2v) is 5.33. The molecule has 0 N–H and O–H groups in total. The van der Waals surface area contributed by atoms with Crippen molar-refractivity contribution in [2.45, 2.75) is 41.5 Å². The molecule has 0 unspecified atom stereocenters. The molecule has 0 atom stereocenters. The van der Waals surface area contributed by atoms with Crippen molar-refractivity contribution in [3.8, 4) is 0 Å². The van der Waals surface area contributed by atoms with Crippen LogP contribution >= 0.6 is 0 Å². The molecule has 0 aliphatic carbocycles. The van der Waals surface area contributed by atoms with Crippen LogP contribution in [-0.4, -0.2) is 0 Å². The van der Waals surface area contributed by atoms with E-state index in [2.05, 4.69) is 77.9 Å². The van der Waals surface area contributed by atoms with Gasteiger partial charge in [0.25, 0.3) is 0 Å². The predicted octanol–water partition coefficient (Wildman–Crippen LogP) is 5.22. The van der Waals surface area contributed by atoms with Crippen LogP contribution in [0.25, 0.3) is 0 Å². The zero-order valence-electron chi connectivity index (χ0n) is 12.9. The van der Waals surface area contributed by atoms with Gasteiger partial charge in [0.15, 0.2) is 0 Å². The third-order valence-corrected chi connectivity index (χ3v) is 2.73. The molecule has 0 bridgehead atoms. The van der Waals surface area contributed by atoms with Gasteiger partial charge in [-0.15, -0.1) is 0 Å². The van der Waals surface area contributed by atoms with E-state index in [1.165, 1.54) is 33.4 Å². The number of hydrogen-bond donors (Lipinski definition) is 0. The quantitative estimate of drug-likeness (QED) is 0.624. The van der Waals surface area contributed by atoms with Crippen molar-refractivity contribution in [3.63, 3.8) is 0 Å². The number of aryl methyl sites for hydroxylation is 6. The van der Waals surface area contributed by atoms with E-state index in [0.29, 0.717) is 0 Å². The normalized spacial score (nSPS) is 9.16. The first kappa shape index (κ1) is 18.0. The van der Waals surface area contributed by atoms with Crippen LogP contribution in [0.4, 0.5) is 0 Å². The Kier molecular flexibility index (Phi) is 7.82. The van der Waals surface area contributed by atoms with Crippen molar-refractivity contribution in [1.82, 2.24) is 0 Å². The van der Waals surface area contributed by atoms with E-state index < -0.39 is 0 Å². The standard InChI is InChI=1S/2C9H12.V/c2*1-7-4-8(2)6-9(3)5-7;/h2*4-6H,1-3H3;. The molecular weight excluding hydrogens is 267 g/mol. The van der Waals surface area contributed by atoms with Crippen LogP contribution < -0.4 is 0 Å². The third-order valence-electron chi connectivity index (χ3n) is 2.73. The van der Waals surface area contributed by atoms with Gasteiger partial charge in [-0.25, -0.2) is 0 Å². The molecule has 19 heavy (non-hydrogen) atoms. The summed E-state index contributed by atoms with van der Waals surface area (Å²) in [7, 11) is 0. The second-order valence-electron chi connectivity index (χ2n) is 5.33. The summed E-state index contributed by atoms with van der Waals surface area (Å²) in [6.07, 6.45) is 0. The van der Waals surface area contributed by atoms with Crippen LogP contribution in [0.5, 0.6) is 0 Å². The first-order chi connectivity index (χ1) is 8.36. The Morgan fingerprint density at radius 2 is 0.474 bits per heavy atom. The maximum Gasteiger partial charge on any atom is 0 e. The van der Waals surface area contributed by atoms with Crippen molar-refractivity contribution in [2.75, 3.05) is 0 Å². The van der Waals surface area contributed by atoms with Gasteiger partial charge in [-0.05, 0) is 41.5 Å². The van der Waals surface area contributed by atoms with Gasteiger partial charge in [0.2, 0.25) is 0 Å². The largest absolute Gasteiger partial charge is 0.0564 e. The molecular formula is C18H24V. The summed E-state index contributed by atoms with van der Waals surface area (Å²) in [6.45, 7) is 12.8. The van der Waals surface area contributed by atoms with Gasteiger partial charge >= 0.3 is 0 Å². The van der Waals surface area contributed by atoms with Crippen LogP contribution in [0.15, 0.2) is 36.4 Å². The number of hydrogen-bond acceptors (Lipinski definition) is 0. The van der Waals surface area contributed by atoms with E-state index in [0.717, 1.165) is 0 Å². The first-order valence-electron chi connectivity index (χ1n) is 6.46. The molecule has 0 aliphatic heterocycles. The summed E-state index contributed by atoms with van der Waals surface area (Å²) in [6, 6.07) is 13.1. The fourth-order valence-corrected chi connectivity index (χ4v) is 2.40. The minimum atomic E-state index is 0. The predicted molar refractivity (Wildman–Crippen MR) is 81.3 cm³/mol. The summed E-state index contributed by atoms with van der Waals surface area (Å²) in [4.78, 5) is 0. The topological polar surface area (TPSA) is 0 Å². The van der Waals surface area contributed by atoms with Gasteiger partial charge < -0.3 is 0 Å². The van der Waals surface area contributed by atoms with Crippen molar-refractivity contribution >= 4 is 0 Å². The van der Waals surface area contributed by atoms with Gasteiger partial charge in [-0.1, -0.05) is 69.8 Å². The maximum atomic E-state index is 2.19. The zero-order chi connectivity index (χ0) is 13.7. The van der Waals surface area contributed by atoms with Gasteiger partial charge in [-0.3, -0.25) is 0 Å². The fourth-order valence-electron chi connectivity index (χ4n) is 2.40. The van der Waals surface area contributed by atoms with Crippen molar-refractivity contribution in [1.29, 1.82) is 0 Å². The molecule has 0 saturated heterocycles. The molecule has 0 aliphatic rings. The van der Waals surface area contributed by atoms with Crippen LogP contribution in [0.3, 0.4) is 0 Å². The summed E-state index contributed by atoms with van der Waals surface area (Å²) < 4.78 is 0. The molecule has 0 spiro atoms. The average molecular weight is 291 g/mol. The van der Waals surface area contributed by atoms with Crippen LogP contribution in [0.1, 0.15) is 33.4 Å². The minimum absolute atomic E-state index is 0. The van der Waals surface area contributed by atoms with E-state index >= 15 is 0 Å². The van der Waals surface area contributed by atoms with Crippen molar-refractivity contribution in [2.24, 2.45) is 0 Å². The Hall–Kier alpha value is -0.976. The molecule has 0 saturated carbocycles. The molecule has 1 heteroatoms. The zero-order valence-corrected chi connectivity index (χ0v) is 14.3.